The van der Waals surface area contributed by atoms with E-state index in [0.717, 1.165) is 24.2 Å². The molecule has 0 radical (unpaired) electrons. The molecule has 0 atom stereocenters. The van der Waals surface area contributed by atoms with Gasteiger partial charge in [0, 0.05) is 42.4 Å². The predicted molar refractivity (Wildman–Crippen MR) is 107 cm³/mol. The summed E-state index contributed by atoms with van der Waals surface area (Å²) in [5, 5.41) is 9.87. The van der Waals surface area contributed by atoms with Gasteiger partial charge in [0.2, 0.25) is 0 Å². The maximum absolute atomic E-state index is 12.4. The van der Waals surface area contributed by atoms with Crippen LogP contribution in [0.1, 0.15) is 38.5 Å². The molecule has 3 rings (SSSR count). The highest BCUT2D eigenvalue weighted by atomic mass is 16.2. The lowest BCUT2D eigenvalue weighted by Crippen LogP contribution is -2.25. The van der Waals surface area contributed by atoms with Crippen molar-refractivity contribution in [1.82, 2.24) is 20.1 Å². The summed E-state index contributed by atoms with van der Waals surface area (Å²) in [6.07, 6.45) is 4.40. The number of pyridine rings is 1. The number of nitrogens with one attached hydrogen (secondary N) is 2. The van der Waals surface area contributed by atoms with Crippen LogP contribution in [-0.2, 0) is 6.54 Å². The van der Waals surface area contributed by atoms with Crippen LogP contribution in [-0.4, -0.2) is 33.1 Å². The van der Waals surface area contributed by atoms with Crippen LogP contribution >= 0.6 is 0 Å². The van der Waals surface area contributed by atoms with Crippen LogP contribution in [0.4, 0.5) is 5.69 Å². The van der Waals surface area contributed by atoms with Gasteiger partial charge in [-0.1, -0.05) is 12.1 Å². The number of hydrogen-bond donors (Lipinski definition) is 2. The van der Waals surface area contributed by atoms with Gasteiger partial charge in [0.05, 0.1) is 0 Å². The lowest BCUT2D eigenvalue weighted by molar-refractivity contribution is 0.0951. The van der Waals surface area contributed by atoms with Gasteiger partial charge in [-0.25, -0.2) is 4.98 Å². The largest absolute Gasteiger partial charge is 0.352 e. The van der Waals surface area contributed by atoms with Gasteiger partial charge in [0.1, 0.15) is 5.69 Å². The summed E-state index contributed by atoms with van der Waals surface area (Å²) in [5.74, 6) is -0.478. The Morgan fingerprint density at radius 3 is 2.68 bits per heavy atom. The van der Waals surface area contributed by atoms with Gasteiger partial charge in [-0.15, -0.1) is 0 Å². The minimum atomic E-state index is -0.302. The Labute approximate surface area is 163 Å². The molecule has 0 aliphatic heterocycles. The van der Waals surface area contributed by atoms with Crippen molar-refractivity contribution >= 4 is 17.5 Å². The van der Waals surface area contributed by atoms with Crippen LogP contribution < -0.4 is 10.6 Å². The van der Waals surface area contributed by atoms with E-state index in [2.05, 4.69) is 20.7 Å². The van der Waals surface area contributed by atoms with Crippen LogP contribution in [0.2, 0.25) is 0 Å². The fourth-order valence-electron chi connectivity index (χ4n) is 2.73. The monoisotopic (exact) mass is 377 g/mol. The number of hydrogen-bond acceptors (Lipinski definition) is 4. The number of carbonyl (C=O) groups excluding carboxylic acids is 2. The zero-order valence-electron chi connectivity index (χ0n) is 16.0. The van der Waals surface area contributed by atoms with Crippen molar-refractivity contribution < 1.29 is 9.59 Å². The van der Waals surface area contributed by atoms with E-state index < -0.39 is 0 Å². The highest BCUT2D eigenvalue weighted by molar-refractivity contribution is 6.04. The zero-order chi connectivity index (χ0) is 19.9. The lowest BCUT2D eigenvalue weighted by Gasteiger charge is -2.11. The molecule has 1 aromatic carbocycles. The third-order valence-electron chi connectivity index (χ3n) is 4.28. The van der Waals surface area contributed by atoms with Crippen molar-refractivity contribution in [3.05, 3.63) is 77.4 Å². The molecular formula is C21H23N5O2. The summed E-state index contributed by atoms with van der Waals surface area (Å²) in [5.41, 5.74) is 3.08. The molecule has 0 saturated heterocycles. The van der Waals surface area contributed by atoms with Gasteiger partial charge in [-0.3, -0.25) is 14.3 Å². The number of anilines is 1. The first-order valence-corrected chi connectivity index (χ1v) is 9.14. The van der Waals surface area contributed by atoms with Gasteiger partial charge in [-0.2, -0.15) is 5.10 Å². The van der Waals surface area contributed by atoms with Crippen LogP contribution in [0.15, 0.2) is 54.9 Å². The molecule has 3 aromatic rings. The molecule has 2 N–H and O–H groups in total. The number of aryl methyl sites for hydroxylation is 3. The number of amides is 2. The molecule has 28 heavy (non-hydrogen) atoms. The smallest absolute Gasteiger partial charge is 0.274 e. The average Bonchev–Trinajstić information content (AvgIpc) is 3.20. The van der Waals surface area contributed by atoms with E-state index in [-0.39, 0.29) is 11.8 Å². The van der Waals surface area contributed by atoms with E-state index in [9.17, 15) is 9.59 Å². The summed E-state index contributed by atoms with van der Waals surface area (Å²) < 4.78 is 1.82. The quantitative estimate of drug-likeness (QED) is 0.620. The minimum Gasteiger partial charge on any atom is -0.352 e. The van der Waals surface area contributed by atoms with E-state index in [1.807, 2.05) is 42.9 Å². The third kappa shape index (κ3) is 5.03. The first-order valence-electron chi connectivity index (χ1n) is 9.14. The van der Waals surface area contributed by atoms with E-state index in [1.54, 1.807) is 30.5 Å². The maximum atomic E-state index is 12.4. The van der Waals surface area contributed by atoms with Crippen molar-refractivity contribution in [3.8, 4) is 0 Å². The maximum Gasteiger partial charge on any atom is 0.274 e. The molecule has 7 heteroatoms. The Balaban J connectivity index is 1.60. The van der Waals surface area contributed by atoms with Gasteiger partial charge in [-0.05, 0) is 56.2 Å². The molecule has 0 saturated carbocycles. The summed E-state index contributed by atoms with van der Waals surface area (Å²) >= 11 is 0. The Kier molecular flexibility index (Phi) is 6.16. The molecule has 144 valence electrons. The molecule has 0 fully saturated rings. The normalized spacial score (nSPS) is 10.5. The SMILES string of the molecule is Cc1cccc(C(=O)Nc2cc(C(=O)NCCCn3cccn3)ccc2C)n1. The Morgan fingerprint density at radius 1 is 1.07 bits per heavy atom. The Bertz CT molecular complexity index is 967. The van der Waals surface area contributed by atoms with E-state index >= 15 is 0 Å². The molecular weight excluding hydrogens is 354 g/mol. The summed E-state index contributed by atoms with van der Waals surface area (Å²) in [6.45, 7) is 5.00. The zero-order valence-corrected chi connectivity index (χ0v) is 16.0. The highest BCUT2D eigenvalue weighted by Gasteiger charge is 2.12. The number of nitrogens with zero attached hydrogens (tertiary/aromatic N) is 3. The fourth-order valence-corrected chi connectivity index (χ4v) is 2.73. The van der Waals surface area contributed by atoms with Crippen LogP contribution in [0.25, 0.3) is 0 Å². The fraction of sp³-hybridized carbons (Fsp3) is 0.238. The molecule has 2 amide bonds. The van der Waals surface area contributed by atoms with Crippen molar-refractivity contribution in [1.29, 1.82) is 0 Å². The van der Waals surface area contributed by atoms with E-state index in [0.29, 0.717) is 23.5 Å². The second-order valence-electron chi connectivity index (χ2n) is 6.53. The standard InChI is InChI=1S/C21H23N5O2/c1-15-8-9-17(20(27)22-10-4-12-26-13-5-11-23-26)14-19(15)25-21(28)18-7-3-6-16(2)24-18/h3,5-9,11,13-14H,4,10,12H2,1-2H3,(H,22,27)(H,25,28). The first kappa shape index (κ1) is 19.3. The van der Waals surface area contributed by atoms with Crippen molar-refractivity contribution in [2.24, 2.45) is 0 Å². The van der Waals surface area contributed by atoms with Crippen molar-refractivity contribution in [3.63, 3.8) is 0 Å². The second-order valence-corrected chi connectivity index (χ2v) is 6.53. The Hall–Kier alpha value is -3.48. The summed E-state index contributed by atoms with van der Waals surface area (Å²) in [6, 6.07) is 12.4. The number of aromatic nitrogens is 3. The highest BCUT2D eigenvalue weighted by Crippen LogP contribution is 2.18. The second kappa shape index (κ2) is 8.94. The van der Waals surface area contributed by atoms with Gasteiger partial charge < -0.3 is 10.6 Å². The molecule has 0 unspecified atom stereocenters. The van der Waals surface area contributed by atoms with Gasteiger partial charge >= 0.3 is 0 Å². The lowest BCUT2D eigenvalue weighted by atomic mass is 10.1. The molecule has 7 nitrogen and oxygen atoms in total. The average molecular weight is 377 g/mol. The molecule has 2 heterocycles. The van der Waals surface area contributed by atoms with Gasteiger partial charge in [0.25, 0.3) is 11.8 Å². The topological polar surface area (TPSA) is 88.9 Å². The van der Waals surface area contributed by atoms with Crippen molar-refractivity contribution in [2.45, 2.75) is 26.8 Å². The van der Waals surface area contributed by atoms with Crippen molar-refractivity contribution in [2.75, 3.05) is 11.9 Å². The summed E-state index contributed by atoms with van der Waals surface area (Å²) in [7, 11) is 0. The van der Waals surface area contributed by atoms with Crippen LogP contribution in [0, 0.1) is 13.8 Å². The number of carbonyl (C=O) groups is 2. The molecule has 2 aromatic heterocycles. The van der Waals surface area contributed by atoms with Crippen LogP contribution in [0.5, 0.6) is 0 Å². The summed E-state index contributed by atoms with van der Waals surface area (Å²) in [4.78, 5) is 29.1. The van der Waals surface area contributed by atoms with Gasteiger partial charge in [0.15, 0.2) is 0 Å². The van der Waals surface area contributed by atoms with Crippen LogP contribution in [0.3, 0.4) is 0 Å². The first-order chi connectivity index (χ1) is 13.5. The van der Waals surface area contributed by atoms with E-state index in [4.69, 9.17) is 0 Å². The van der Waals surface area contributed by atoms with E-state index in [1.165, 1.54) is 0 Å². The number of benzene rings is 1. The number of rotatable bonds is 7. The Morgan fingerprint density at radius 2 is 1.93 bits per heavy atom. The molecule has 0 spiro atoms. The molecule has 0 aliphatic rings. The third-order valence-corrected chi connectivity index (χ3v) is 4.28. The predicted octanol–water partition coefficient (Wildman–Crippen LogP) is 2.97. The minimum absolute atomic E-state index is 0.176. The molecule has 0 aliphatic carbocycles. The molecule has 0 bridgehead atoms.